The van der Waals surface area contributed by atoms with Crippen molar-refractivity contribution in [3.05, 3.63) is 18.2 Å². The highest BCUT2D eigenvalue weighted by atomic mass is 15.1. The van der Waals surface area contributed by atoms with Crippen LogP contribution in [0.3, 0.4) is 0 Å². The van der Waals surface area contributed by atoms with Gasteiger partial charge in [-0.1, -0.05) is 6.92 Å². The second-order valence-electron chi connectivity index (χ2n) is 7.46. The minimum Gasteiger partial charge on any atom is -0.335 e. The Bertz CT molecular complexity index is 478. The quantitative estimate of drug-likeness (QED) is 0.835. The third-order valence-electron chi connectivity index (χ3n) is 6.46. The van der Waals surface area contributed by atoms with Crippen LogP contribution in [0.15, 0.2) is 12.4 Å². The lowest BCUT2D eigenvalue weighted by Crippen LogP contribution is -2.36. The predicted octanol–water partition coefficient (Wildman–Crippen LogP) is 3.11. The van der Waals surface area contributed by atoms with Crippen LogP contribution in [0.1, 0.15) is 45.4 Å². The van der Waals surface area contributed by atoms with Gasteiger partial charge >= 0.3 is 0 Å². The maximum absolute atomic E-state index is 4.62. The van der Waals surface area contributed by atoms with Gasteiger partial charge in [-0.05, 0) is 68.7 Å². The number of aryl methyl sites for hydroxylation is 1. The minimum absolute atomic E-state index is 0.663. The summed E-state index contributed by atoms with van der Waals surface area (Å²) in [4.78, 5) is 4.62. The van der Waals surface area contributed by atoms with E-state index in [1.807, 2.05) is 6.20 Å². The first kappa shape index (κ1) is 13.8. The third kappa shape index (κ3) is 2.25. The van der Waals surface area contributed by atoms with E-state index in [9.17, 15) is 0 Å². The Morgan fingerprint density at radius 3 is 2.71 bits per heavy atom. The topological polar surface area (TPSA) is 29.9 Å². The van der Waals surface area contributed by atoms with Gasteiger partial charge in [0.1, 0.15) is 5.82 Å². The van der Waals surface area contributed by atoms with E-state index in [1.165, 1.54) is 25.1 Å². The molecule has 1 N–H and O–H groups in total. The smallest absolute Gasteiger partial charge is 0.110 e. The van der Waals surface area contributed by atoms with Crippen LogP contribution in [-0.4, -0.2) is 22.1 Å². The number of nitrogens with zero attached hydrogens (tertiary/aromatic N) is 2. The standard InChI is InChI=1S/C18H29N3/c1-3-7-19-14(11-15-20-8-9-21(15)4-2)18-16-12-5-6-13(10-12)17(16)18/h8-9,12-14,16-19H,3-7,10-11H2,1-2H3. The van der Waals surface area contributed by atoms with Crippen LogP contribution in [0.2, 0.25) is 0 Å². The average molecular weight is 287 g/mol. The van der Waals surface area contributed by atoms with Crippen LogP contribution in [0.25, 0.3) is 0 Å². The first-order chi connectivity index (χ1) is 10.3. The van der Waals surface area contributed by atoms with Crippen molar-refractivity contribution < 1.29 is 0 Å². The molecule has 5 atom stereocenters. The minimum atomic E-state index is 0.663. The van der Waals surface area contributed by atoms with E-state index in [0.29, 0.717) is 6.04 Å². The lowest BCUT2D eigenvalue weighted by Gasteiger charge is -2.22. The summed E-state index contributed by atoms with van der Waals surface area (Å²) in [5, 5.41) is 3.87. The molecule has 0 amide bonds. The number of nitrogens with one attached hydrogen (secondary N) is 1. The molecular formula is C18H29N3. The Kier molecular flexibility index (Phi) is 3.56. The van der Waals surface area contributed by atoms with Gasteiger partial charge in [0.25, 0.3) is 0 Å². The fourth-order valence-corrected chi connectivity index (χ4v) is 5.62. The van der Waals surface area contributed by atoms with E-state index >= 15 is 0 Å². The molecule has 4 rings (SSSR count). The molecule has 1 heterocycles. The summed E-state index contributed by atoms with van der Waals surface area (Å²) >= 11 is 0. The van der Waals surface area contributed by atoms with Gasteiger partial charge in [0.05, 0.1) is 0 Å². The molecule has 3 heteroatoms. The van der Waals surface area contributed by atoms with E-state index in [4.69, 9.17) is 0 Å². The Hall–Kier alpha value is -0.830. The number of imidazole rings is 1. The van der Waals surface area contributed by atoms with Gasteiger partial charge in [-0.2, -0.15) is 0 Å². The van der Waals surface area contributed by atoms with Gasteiger partial charge in [-0.15, -0.1) is 0 Å². The van der Waals surface area contributed by atoms with Gasteiger partial charge < -0.3 is 9.88 Å². The van der Waals surface area contributed by atoms with Crippen molar-refractivity contribution >= 4 is 0 Å². The molecule has 2 bridgehead atoms. The highest BCUT2D eigenvalue weighted by Crippen LogP contribution is 2.70. The summed E-state index contributed by atoms with van der Waals surface area (Å²) in [5.41, 5.74) is 0. The molecule has 0 spiro atoms. The Balaban J connectivity index is 1.48. The lowest BCUT2D eigenvalue weighted by atomic mass is 9.95. The molecule has 21 heavy (non-hydrogen) atoms. The molecule has 116 valence electrons. The van der Waals surface area contributed by atoms with Crippen molar-refractivity contribution in [1.29, 1.82) is 0 Å². The predicted molar refractivity (Wildman–Crippen MR) is 85.0 cm³/mol. The van der Waals surface area contributed by atoms with E-state index in [1.54, 1.807) is 6.42 Å². The number of rotatable bonds is 7. The molecule has 0 radical (unpaired) electrons. The second kappa shape index (κ2) is 5.42. The van der Waals surface area contributed by atoms with Crippen molar-refractivity contribution in [1.82, 2.24) is 14.9 Å². The molecule has 1 aromatic rings. The molecular weight excluding hydrogens is 258 g/mol. The number of hydrogen-bond acceptors (Lipinski definition) is 2. The van der Waals surface area contributed by atoms with Crippen LogP contribution < -0.4 is 5.32 Å². The van der Waals surface area contributed by atoms with Gasteiger partial charge in [0, 0.05) is 31.4 Å². The molecule has 1 aromatic heterocycles. The van der Waals surface area contributed by atoms with Crippen molar-refractivity contribution in [2.75, 3.05) is 6.54 Å². The normalized spacial score (nSPS) is 37.7. The van der Waals surface area contributed by atoms with Crippen molar-refractivity contribution in [2.45, 2.75) is 58.5 Å². The Labute approximate surface area is 128 Å². The van der Waals surface area contributed by atoms with E-state index < -0.39 is 0 Å². The van der Waals surface area contributed by atoms with Crippen LogP contribution in [-0.2, 0) is 13.0 Å². The molecule has 3 fully saturated rings. The molecule has 0 aliphatic heterocycles. The van der Waals surface area contributed by atoms with Crippen LogP contribution in [0.4, 0.5) is 0 Å². The first-order valence-electron chi connectivity index (χ1n) is 9.06. The van der Waals surface area contributed by atoms with Crippen molar-refractivity contribution in [3.8, 4) is 0 Å². The van der Waals surface area contributed by atoms with Crippen LogP contribution in [0.5, 0.6) is 0 Å². The van der Waals surface area contributed by atoms with Crippen LogP contribution in [0, 0.1) is 29.6 Å². The van der Waals surface area contributed by atoms with Gasteiger partial charge in [0.2, 0.25) is 0 Å². The zero-order chi connectivity index (χ0) is 14.4. The van der Waals surface area contributed by atoms with Crippen molar-refractivity contribution in [2.24, 2.45) is 29.6 Å². The first-order valence-corrected chi connectivity index (χ1v) is 9.06. The molecule has 3 aliphatic rings. The maximum atomic E-state index is 4.62. The molecule has 3 nitrogen and oxygen atoms in total. The fourth-order valence-electron chi connectivity index (χ4n) is 5.62. The summed E-state index contributed by atoms with van der Waals surface area (Å²) in [6.07, 6.45) is 11.0. The highest BCUT2D eigenvalue weighted by molar-refractivity contribution is 5.17. The van der Waals surface area contributed by atoms with Crippen LogP contribution >= 0.6 is 0 Å². The summed E-state index contributed by atoms with van der Waals surface area (Å²) in [7, 11) is 0. The fraction of sp³-hybridized carbons (Fsp3) is 0.833. The average Bonchev–Trinajstić information content (AvgIpc) is 2.88. The molecule has 3 aliphatic carbocycles. The number of aromatic nitrogens is 2. The zero-order valence-corrected chi connectivity index (χ0v) is 13.5. The Morgan fingerprint density at radius 2 is 2.05 bits per heavy atom. The Morgan fingerprint density at radius 1 is 1.29 bits per heavy atom. The molecule has 3 saturated carbocycles. The van der Waals surface area contributed by atoms with Crippen molar-refractivity contribution in [3.63, 3.8) is 0 Å². The SMILES string of the molecule is CCCNC(Cc1nccn1CC)C1C2C3CCC(C3)C21. The van der Waals surface area contributed by atoms with Gasteiger partial charge in [-0.25, -0.2) is 4.98 Å². The van der Waals surface area contributed by atoms with E-state index in [0.717, 1.165) is 49.1 Å². The number of hydrogen-bond donors (Lipinski definition) is 1. The molecule has 5 unspecified atom stereocenters. The monoisotopic (exact) mass is 287 g/mol. The summed E-state index contributed by atoms with van der Waals surface area (Å²) in [6, 6.07) is 0.663. The van der Waals surface area contributed by atoms with E-state index in [2.05, 4.69) is 34.9 Å². The largest absolute Gasteiger partial charge is 0.335 e. The van der Waals surface area contributed by atoms with Gasteiger partial charge in [-0.3, -0.25) is 0 Å². The third-order valence-corrected chi connectivity index (χ3v) is 6.46. The van der Waals surface area contributed by atoms with Gasteiger partial charge in [0.15, 0.2) is 0 Å². The summed E-state index contributed by atoms with van der Waals surface area (Å²) < 4.78 is 2.31. The molecule has 0 aromatic carbocycles. The zero-order valence-electron chi connectivity index (χ0n) is 13.5. The summed E-state index contributed by atoms with van der Waals surface area (Å²) in [6.45, 7) is 6.68. The lowest BCUT2D eigenvalue weighted by molar-refractivity contribution is 0.355. The highest BCUT2D eigenvalue weighted by Gasteiger charge is 2.66. The second-order valence-corrected chi connectivity index (χ2v) is 7.46. The van der Waals surface area contributed by atoms with E-state index in [-0.39, 0.29) is 0 Å². The maximum Gasteiger partial charge on any atom is 0.110 e. The summed E-state index contributed by atoms with van der Waals surface area (Å²) in [5.74, 6) is 6.49. The number of fused-ring (bicyclic) bond motifs is 5. The molecule has 0 saturated heterocycles.